The summed E-state index contributed by atoms with van der Waals surface area (Å²) in [6, 6.07) is 1.42. The highest BCUT2D eigenvalue weighted by Crippen LogP contribution is 2.15. The van der Waals surface area contributed by atoms with Crippen molar-refractivity contribution >= 4 is 5.97 Å². The van der Waals surface area contributed by atoms with E-state index < -0.39 is 35.4 Å². The smallest absolute Gasteiger partial charge is 0.309 e. The quantitative estimate of drug-likeness (QED) is 0.800. The third kappa shape index (κ3) is 2.23. The average Bonchev–Trinajstić information content (AvgIpc) is 2.16. The standard InChI is InChI=1S/C9H6F2N2O3/c10-9(11)5-3-13-6(1-7(14)15)4(2-12)8(5)16/h3,9H,1H2,(H,13,16)(H,14,15). The summed E-state index contributed by atoms with van der Waals surface area (Å²) in [5, 5.41) is 17.1. The third-order valence-electron chi connectivity index (χ3n) is 1.87. The molecule has 7 heteroatoms. The van der Waals surface area contributed by atoms with Crippen molar-refractivity contribution in [1.82, 2.24) is 4.98 Å². The molecule has 0 unspecified atom stereocenters. The molecule has 1 aromatic heterocycles. The molecule has 1 aromatic rings. The van der Waals surface area contributed by atoms with Crippen LogP contribution in [0.15, 0.2) is 11.0 Å². The number of carbonyl (C=O) groups is 1. The van der Waals surface area contributed by atoms with Crippen LogP contribution in [0.25, 0.3) is 0 Å². The van der Waals surface area contributed by atoms with E-state index in [9.17, 15) is 18.4 Å². The molecule has 0 radical (unpaired) electrons. The van der Waals surface area contributed by atoms with Crippen LogP contribution >= 0.6 is 0 Å². The Morgan fingerprint density at radius 2 is 2.25 bits per heavy atom. The largest absolute Gasteiger partial charge is 0.481 e. The second-order valence-electron chi connectivity index (χ2n) is 2.91. The van der Waals surface area contributed by atoms with Crippen molar-refractivity contribution < 1.29 is 18.7 Å². The lowest BCUT2D eigenvalue weighted by Gasteiger charge is -2.03. The molecule has 0 bridgehead atoms. The summed E-state index contributed by atoms with van der Waals surface area (Å²) in [5.41, 5.74) is -2.73. The SMILES string of the molecule is N#Cc1c(CC(=O)O)[nH]cc(C(F)F)c1=O. The Morgan fingerprint density at radius 1 is 1.62 bits per heavy atom. The van der Waals surface area contributed by atoms with Gasteiger partial charge in [-0.05, 0) is 0 Å². The van der Waals surface area contributed by atoms with Crippen LogP contribution in [0.1, 0.15) is 23.2 Å². The monoisotopic (exact) mass is 228 g/mol. The van der Waals surface area contributed by atoms with Crippen LogP contribution in [0.4, 0.5) is 8.78 Å². The molecule has 0 fully saturated rings. The first-order valence-corrected chi connectivity index (χ1v) is 4.12. The van der Waals surface area contributed by atoms with Gasteiger partial charge in [0.2, 0.25) is 5.43 Å². The highest BCUT2D eigenvalue weighted by atomic mass is 19.3. The maximum absolute atomic E-state index is 12.3. The number of halogens is 2. The lowest BCUT2D eigenvalue weighted by atomic mass is 10.1. The maximum Gasteiger partial charge on any atom is 0.309 e. The summed E-state index contributed by atoms with van der Waals surface area (Å²) < 4.78 is 24.6. The van der Waals surface area contributed by atoms with E-state index in [1.54, 1.807) is 0 Å². The van der Waals surface area contributed by atoms with Crippen LogP contribution in [-0.2, 0) is 11.2 Å². The molecule has 0 spiro atoms. The molecule has 16 heavy (non-hydrogen) atoms. The Balaban J connectivity index is 3.37. The number of nitrogens with zero attached hydrogens (tertiary/aromatic N) is 1. The first kappa shape index (κ1) is 11.8. The van der Waals surface area contributed by atoms with Crippen molar-refractivity contribution in [1.29, 1.82) is 5.26 Å². The summed E-state index contributed by atoms with van der Waals surface area (Å²) in [7, 11) is 0. The topological polar surface area (TPSA) is 93.9 Å². The van der Waals surface area contributed by atoms with Gasteiger partial charge >= 0.3 is 5.97 Å². The van der Waals surface area contributed by atoms with Crippen LogP contribution in [0, 0.1) is 11.3 Å². The molecular formula is C9H6F2N2O3. The molecule has 0 atom stereocenters. The summed E-state index contributed by atoms with van der Waals surface area (Å²) in [6.07, 6.45) is -2.87. The van der Waals surface area contributed by atoms with E-state index in [2.05, 4.69) is 4.98 Å². The summed E-state index contributed by atoms with van der Waals surface area (Å²) >= 11 is 0. The van der Waals surface area contributed by atoms with Gasteiger partial charge in [0.25, 0.3) is 6.43 Å². The van der Waals surface area contributed by atoms with E-state index >= 15 is 0 Å². The molecule has 0 aromatic carbocycles. The van der Waals surface area contributed by atoms with Crippen LogP contribution in [0.3, 0.4) is 0 Å². The molecule has 0 aliphatic heterocycles. The first-order chi connectivity index (χ1) is 7.47. The highest BCUT2D eigenvalue weighted by Gasteiger charge is 2.18. The van der Waals surface area contributed by atoms with E-state index in [1.165, 1.54) is 6.07 Å². The first-order valence-electron chi connectivity index (χ1n) is 4.12. The van der Waals surface area contributed by atoms with Crippen molar-refractivity contribution in [2.45, 2.75) is 12.8 Å². The minimum absolute atomic E-state index is 0.176. The van der Waals surface area contributed by atoms with Crippen LogP contribution in [-0.4, -0.2) is 16.1 Å². The molecule has 0 saturated heterocycles. The van der Waals surface area contributed by atoms with Gasteiger partial charge in [0.05, 0.1) is 12.0 Å². The molecule has 2 N–H and O–H groups in total. The Hall–Kier alpha value is -2.23. The molecule has 0 aliphatic rings. The zero-order chi connectivity index (χ0) is 12.3. The number of aromatic nitrogens is 1. The van der Waals surface area contributed by atoms with Crippen molar-refractivity contribution in [3.8, 4) is 6.07 Å². The van der Waals surface area contributed by atoms with Crippen molar-refractivity contribution in [3.63, 3.8) is 0 Å². The Bertz CT molecular complexity index is 516. The molecule has 5 nitrogen and oxygen atoms in total. The molecular weight excluding hydrogens is 222 g/mol. The maximum atomic E-state index is 12.3. The number of nitrogens with one attached hydrogen (secondary N) is 1. The number of pyridine rings is 1. The Kier molecular flexibility index (Phi) is 3.35. The number of aromatic amines is 1. The number of hydrogen-bond donors (Lipinski definition) is 2. The van der Waals surface area contributed by atoms with Gasteiger partial charge in [-0.3, -0.25) is 9.59 Å². The number of aliphatic carboxylic acids is 1. The lowest BCUT2D eigenvalue weighted by Crippen LogP contribution is -2.18. The summed E-state index contributed by atoms with van der Waals surface area (Å²) in [4.78, 5) is 23.9. The number of rotatable bonds is 3. The summed E-state index contributed by atoms with van der Waals surface area (Å²) in [5.74, 6) is -1.27. The van der Waals surface area contributed by atoms with Crippen molar-refractivity contribution in [2.75, 3.05) is 0 Å². The Morgan fingerprint density at radius 3 is 2.69 bits per heavy atom. The predicted molar refractivity (Wildman–Crippen MR) is 48.1 cm³/mol. The van der Waals surface area contributed by atoms with E-state index in [0.29, 0.717) is 0 Å². The van der Waals surface area contributed by atoms with Crippen LogP contribution in [0.2, 0.25) is 0 Å². The van der Waals surface area contributed by atoms with Crippen LogP contribution < -0.4 is 5.43 Å². The number of H-pyrrole nitrogens is 1. The molecule has 1 heterocycles. The van der Waals surface area contributed by atoms with Crippen molar-refractivity contribution in [3.05, 3.63) is 33.2 Å². The van der Waals surface area contributed by atoms with Gasteiger partial charge < -0.3 is 10.1 Å². The van der Waals surface area contributed by atoms with Gasteiger partial charge in [-0.1, -0.05) is 0 Å². The lowest BCUT2D eigenvalue weighted by molar-refractivity contribution is -0.136. The Labute approximate surface area is 88.0 Å². The zero-order valence-corrected chi connectivity index (χ0v) is 7.83. The van der Waals surface area contributed by atoms with Crippen molar-refractivity contribution in [2.24, 2.45) is 0 Å². The number of carboxylic acid groups (broad SMARTS) is 1. The number of carboxylic acids is 1. The van der Waals surface area contributed by atoms with Gasteiger partial charge in [0.1, 0.15) is 11.6 Å². The van der Waals surface area contributed by atoms with Gasteiger partial charge in [0, 0.05) is 11.9 Å². The number of alkyl halides is 2. The minimum Gasteiger partial charge on any atom is -0.481 e. The molecule has 0 aliphatic carbocycles. The van der Waals surface area contributed by atoms with E-state index in [0.717, 1.165) is 6.20 Å². The predicted octanol–water partition coefficient (Wildman–Crippen LogP) is 0.811. The second kappa shape index (κ2) is 4.53. The fourth-order valence-electron chi connectivity index (χ4n) is 1.15. The van der Waals surface area contributed by atoms with Gasteiger partial charge in [-0.15, -0.1) is 0 Å². The normalized spacial score (nSPS) is 10.1. The molecule has 0 saturated carbocycles. The zero-order valence-electron chi connectivity index (χ0n) is 7.83. The highest BCUT2D eigenvalue weighted by molar-refractivity contribution is 5.70. The van der Waals surface area contributed by atoms with Gasteiger partial charge in [0.15, 0.2) is 0 Å². The van der Waals surface area contributed by atoms with E-state index in [1.807, 2.05) is 0 Å². The fourth-order valence-corrected chi connectivity index (χ4v) is 1.15. The fraction of sp³-hybridized carbons (Fsp3) is 0.222. The number of nitriles is 1. The van der Waals surface area contributed by atoms with Gasteiger partial charge in [-0.25, -0.2) is 8.78 Å². The van der Waals surface area contributed by atoms with Gasteiger partial charge in [-0.2, -0.15) is 5.26 Å². The third-order valence-corrected chi connectivity index (χ3v) is 1.87. The van der Waals surface area contributed by atoms with E-state index in [4.69, 9.17) is 10.4 Å². The minimum atomic E-state index is -3.00. The molecule has 0 amide bonds. The summed E-state index contributed by atoms with van der Waals surface area (Å²) in [6.45, 7) is 0. The number of hydrogen-bond acceptors (Lipinski definition) is 3. The van der Waals surface area contributed by atoms with Crippen LogP contribution in [0.5, 0.6) is 0 Å². The molecule has 1 rings (SSSR count). The molecule has 84 valence electrons. The average molecular weight is 228 g/mol. The second-order valence-corrected chi connectivity index (χ2v) is 2.91. The van der Waals surface area contributed by atoms with E-state index in [-0.39, 0.29) is 5.69 Å².